The molecule has 0 spiro atoms. The quantitative estimate of drug-likeness (QED) is 0.763. The Kier molecular flexibility index (Phi) is 4.65. The lowest BCUT2D eigenvalue weighted by molar-refractivity contribution is -0.134. The van der Waals surface area contributed by atoms with Gasteiger partial charge in [0.2, 0.25) is 0 Å². The van der Waals surface area contributed by atoms with E-state index < -0.39 is 17.7 Å². The highest BCUT2D eigenvalue weighted by Crippen LogP contribution is 2.21. The molecule has 0 aromatic carbocycles. The van der Waals surface area contributed by atoms with E-state index in [1.54, 1.807) is 0 Å². The van der Waals surface area contributed by atoms with Gasteiger partial charge in [0.25, 0.3) is 0 Å². The number of carbonyl (C=O) groups is 2. The molecule has 0 radical (unpaired) electrons. The van der Waals surface area contributed by atoms with Crippen LogP contribution in [0.1, 0.15) is 27.2 Å². The summed E-state index contributed by atoms with van der Waals surface area (Å²) in [7, 11) is 0. The molecular weight excluding hydrogens is 262 g/mol. The summed E-state index contributed by atoms with van der Waals surface area (Å²) in [6.45, 7) is 7.55. The normalized spacial score (nSPS) is 27.4. The fourth-order valence-corrected chi connectivity index (χ4v) is 2.41. The van der Waals surface area contributed by atoms with E-state index in [0.29, 0.717) is 26.4 Å². The van der Waals surface area contributed by atoms with Gasteiger partial charge >= 0.3 is 6.09 Å². The Morgan fingerprint density at radius 1 is 1.15 bits per heavy atom. The van der Waals surface area contributed by atoms with Gasteiger partial charge < -0.3 is 14.2 Å². The zero-order valence-electron chi connectivity index (χ0n) is 12.4. The van der Waals surface area contributed by atoms with Gasteiger partial charge in [-0.2, -0.15) is 0 Å². The lowest BCUT2D eigenvalue weighted by Gasteiger charge is -2.36. The minimum absolute atomic E-state index is 0.0214. The first-order chi connectivity index (χ1) is 9.38. The minimum atomic E-state index is -0.570. The van der Waals surface area contributed by atoms with E-state index in [4.69, 9.17) is 14.2 Å². The average Bonchev–Trinajstić information content (AvgIpc) is 2.89. The molecule has 6 nitrogen and oxygen atoms in total. The molecule has 2 rings (SSSR count). The van der Waals surface area contributed by atoms with Crippen LogP contribution in [0.4, 0.5) is 4.79 Å². The summed E-state index contributed by atoms with van der Waals surface area (Å²) in [5.41, 5.74) is -0.570. The maximum Gasteiger partial charge on any atom is 0.411 e. The number of amides is 1. The van der Waals surface area contributed by atoms with Crippen molar-refractivity contribution < 1.29 is 23.8 Å². The van der Waals surface area contributed by atoms with Crippen LogP contribution < -0.4 is 0 Å². The largest absolute Gasteiger partial charge is 0.444 e. The van der Waals surface area contributed by atoms with Crippen LogP contribution in [0.15, 0.2) is 0 Å². The maximum absolute atomic E-state index is 12.5. The first-order valence-electron chi connectivity index (χ1n) is 7.07. The number of rotatable bonds is 2. The molecule has 2 aliphatic rings. The van der Waals surface area contributed by atoms with Crippen LogP contribution in [-0.4, -0.2) is 61.4 Å². The smallest absolute Gasteiger partial charge is 0.411 e. The van der Waals surface area contributed by atoms with Crippen molar-refractivity contribution in [1.82, 2.24) is 4.90 Å². The molecule has 0 aliphatic carbocycles. The Labute approximate surface area is 119 Å². The molecule has 2 aliphatic heterocycles. The third-order valence-corrected chi connectivity index (χ3v) is 3.42. The van der Waals surface area contributed by atoms with E-state index in [-0.39, 0.29) is 18.3 Å². The van der Waals surface area contributed by atoms with E-state index in [2.05, 4.69) is 0 Å². The summed E-state index contributed by atoms with van der Waals surface area (Å²) in [6.07, 6.45) is 0.273. The van der Waals surface area contributed by atoms with Crippen LogP contribution in [0.3, 0.4) is 0 Å². The van der Waals surface area contributed by atoms with Crippen molar-refractivity contribution in [2.75, 3.05) is 33.0 Å². The zero-order chi connectivity index (χ0) is 14.8. The van der Waals surface area contributed by atoms with Crippen LogP contribution in [-0.2, 0) is 19.0 Å². The van der Waals surface area contributed by atoms with Gasteiger partial charge in [0.1, 0.15) is 11.6 Å². The van der Waals surface area contributed by atoms with Crippen LogP contribution >= 0.6 is 0 Å². The first-order valence-corrected chi connectivity index (χ1v) is 7.07. The lowest BCUT2D eigenvalue weighted by atomic mass is 9.96. The SMILES string of the molecule is CC(C)(C)OC(=O)N1CCOCC1C(=O)C1CCOC1. The van der Waals surface area contributed by atoms with Gasteiger partial charge in [-0.25, -0.2) is 4.79 Å². The highest BCUT2D eigenvalue weighted by Gasteiger charge is 2.39. The number of morpholine rings is 1. The minimum Gasteiger partial charge on any atom is -0.444 e. The molecule has 0 N–H and O–H groups in total. The number of ether oxygens (including phenoxy) is 3. The van der Waals surface area contributed by atoms with Crippen LogP contribution in [0.2, 0.25) is 0 Å². The second-order valence-electron chi connectivity index (χ2n) is 6.23. The van der Waals surface area contributed by atoms with E-state index in [1.807, 2.05) is 20.8 Å². The monoisotopic (exact) mass is 285 g/mol. The molecule has 2 heterocycles. The van der Waals surface area contributed by atoms with Gasteiger partial charge in [0.05, 0.1) is 19.8 Å². The predicted molar refractivity (Wildman–Crippen MR) is 71.5 cm³/mol. The van der Waals surface area contributed by atoms with Gasteiger partial charge in [-0.1, -0.05) is 0 Å². The average molecular weight is 285 g/mol. The number of ketones is 1. The Balaban J connectivity index is 2.04. The third-order valence-electron chi connectivity index (χ3n) is 3.42. The van der Waals surface area contributed by atoms with E-state index in [9.17, 15) is 9.59 Å². The summed E-state index contributed by atoms with van der Waals surface area (Å²) in [5.74, 6) is -0.111. The molecule has 2 fully saturated rings. The van der Waals surface area contributed by atoms with Gasteiger partial charge in [0.15, 0.2) is 5.78 Å². The van der Waals surface area contributed by atoms with Gasteiger partial charge in [-0.05, 0) is 27.2 Å². The highest BCUT2D eigenvalue weighted by molar-refractivity contribution is 5.90. The van der Waals surface area contributed by atoms with Crippen molar-refractivity contribution >= 4 is 11.9 Å². The zero-order valence-corrected chi connectivity index (χ0v) is 12.4. The van der Waals surface area contributed by atoms with Crippen LogP contribution in [0, 0.1) is 5.92 Å². The van der Waals surface area contributed by atoms with Crippen molar-refractivity contribution in [3.8, 4) is 0 Å². The second-order valence-corrected chi connectivity index (χ2v) is 6.23. The molecule has 20 heavy (non-hydrogen) atoms. The molecule has 0 aromatic rings. The molecule has 0 saturated carbocycles. The van der Waals surface area contributed by atoms with Crippen LogP contribution in [0.5, 0.6) is 0 Å². The van der Waals surface area contributed by atoms with Crippen LogP contribution in [0.25, 0.3) is 0 Å². The Morgan fingerprint density at radius 3 is 2.45 bits per heavy atom. The number of nitrogens with zero attached hydrogens (tertiary/aromatic N) is 1. The Hall–Kier alpha value is -1.14. The van der Waals surface area contributed by atoms with Gasteiger partial charge in [-0.15, -0.1) is 0 Å². The molecule has 2 atom stereocenters. The van der Waals surface area contributed by atoms with Crippen molar-refractivity contribution in [2.24, 2.45) is 5.92 Å². The first kappa shape index (κ1) is 15.3. The molecule has 6 heteroatoms. The molecule has 2 unspecified atom stereocenters. The fourth-order valence-electron chi connectivity index (χ4n) is 2.41. The number of hydrogen-bond donors (Lipinski definition) is 0. The lowest BCUT2D eigenvalue weighted by Crippen LogP contribution is -2.55. The third kappa shape index (κ3) is 3.70. The van der Waals surface area contributed by atoms with E-state index in [0.717, 1.165) is 6.42 Å². The summed E-state index contributed by atoms with van der Waals surface area (Å²) in [4.78, 5) is 26.2. The van der Waals surface area contributed by atoms with Crippen molar-refractivity contribution in [3.05, 3.63) is 0 Å². The Morgan fingerprint density at radius 2 is 1.85 bits per heavy atom. The predicted octanol–water partition coefficient (Wildman–Crippen LogP) is 1.23. The van der Waals surface area contributed by atoms with Gasteiger partial charge in [0, 0.05) is 19.1 Å². The van der Waals surface area contributed by atoms with Crippen molar-refractivity contribution in [1.29, 1.82) is 0 Å². The van der Waals surface area contributed by atoms with E-state index in [1.165, 1.54) is 4.90 Å². The molecule has 0 bridgehead atoms. The molecule has 114 valence electrons. The summed E-state index contributed by atoms with van der Waals surface area (Å²) >= 11 is 0. The van der Waals surface area contributed by atoms with E-state index >= 15 is 0 Å². The number of hydrogen-bond acceptors (Lipinski definition) is 5. The van der Waals surface area contributed by atoms with Crippen molar-refractivity contribution in [3.63, 3.8) is 0 Å². The molecule has 2 saturated heterocycles. The topological polar surface area (TPSA) is 65.1 Å². The second kappa shape index (κ2) is 6.10. The standard InChI is InChI=1S/C14H23NO5/c1-14(2,3)20-13(17)15-5-7-19-9-11(15)12(16)10-4-6-18-8-10/h10-11H,4-9H2,1-3H3. The number of carbonyl (C=O) groups excluding carboxylic acids is 2. The van der Waals surface area contributed by atoms with Gasteiger partial charge in [-0.3, -0.25) is 9.69 Å². The summed E-state index contributed by atoms with van der Waals surface area (Å²) in [6, 6.07) is -0.551. The Bertz CT molecular complexity index is 370. The molecular formula is C14H23NO5. The fraction of sp³-hybridized carbons (Fsp3) is 0.857. The maximum atomic E-state index is 12.5. The number of Topliss-reactive ketones (excluding diaryl/α,β-unsaturated/α-hetero) is 1. The molecule has 1 amide bonds. The van der Waals surface area contributed by atoms with Crippen molar-refractivity contribution in [2.45, 2.75) is 38.8 Å². The molecule has 0 aromatic heterocycles. The summed E-state index contributed by atoms with van der Waals surface area (Å²) < 4.78 is 16.0. The highest BCUT2D eigenvalue weighted by atomic mass is 16.6. The summed E-state index contributed by atoms with van der Waals surface area (Å²) in [5, 5.41) is 0.